The van der Waals surface area contributed by atoms with Crippen LogP contribution in [0.2, 0.25) is 0 Å². The number of carbonyl (C=O) groups excluding carboxylic acids is 1. The maximum absolute atomic E-state index is 13.0. The van der Waals surface area contributed by atoms with Crippen molar-refractivity contribution in [3.8, 4) is 0 Å². The highest BCUT2D eigenvalue weighted by Crippen LogP contribution is 2.39. The summed E-state index contributed by atoms with van der Waals surface area (Å²) in [4.78, 5) is 27.2. The van der Waals surface area contributed by atoms with Crippen molar-refractivity contribution in [3.05, 3.63) is 48.9 Å². The number of hydrogen-bond acceptors (Lipinski definition) is 5. The summed E-state index contributed by atoms with van der Waals surface area (Å²) < 4.78 is 0. The van der Waals surface area contributed by atoms with Gasteiger partial charge in [0.15, 0.2) is 0 Å². The first kappa shape index (κ1) is 17.0. The van der Waals surface area contributed by atoms with Crippen LogP contribution in [0.15, 0.2) is 48.9 Å². The maximum Gasteiger partial charge on any atom is 0.245 e. The summed E-state index contributed by atoms with van der Waals surface area (Å²) >= 11 is 0. The van der Waals surface area contributed by atoms with Crippen molar-refractivity contribution in [3.63, 3.8) is 0 Å². The fourth-order valence-corrected chi connectivity index (χ4v) is 4.05. The highest BCUT2D eigenvalue weighted by molar-refractivity contribution is 5.93. The number of benzene rings is 1. The molecule has 1 aliphatic heterocycles. The van der Waals surface area contributed by atoms with E-state index in [1.54, 1.807) is 6.33 Å². The van der Waals surface area contributed by atoms with E-state index in [9.17, 15) is 4.79 Å². The third-order valence-corrected chi connectivity index (χ3v) is 5.73. The van der Waals surface area contributed by atoms with Gasteiger partial charge in [0, 0.05) is 31.0 Å². The largest absolute Gasteiger partial charge is 0.371 e. The number of aromatic nitrogens is 3. The first-order valence-electron chi connectivity index (χ1n) is 9.91. The molecule has 1 amide bonds. The number of aromatic amines is 1. The van der Waals surface area contributed by atoms with Gasteiger partial charge in [-0.25, -0.2) is 9.97 Å². The first-order valence-corrected chi connectivity index (χ1v) is 9.91. The summed E-state index contributed by atoms with van der Waals surface area (Å²) in [7, 11) is 0. The molecule has 28 heavy (non-hydrogen) atoms. The highest BCUT2D eigenvalue weighted by atomic mass is 16.2. The Bertz CT molecular complexity index is 981. The first-order chi connectivity index (χ1) is 13.7. The van der Waals surface area contributed by atoms with Gasteiger partial charge < -0.3 is 20.5 Å². The molecule has 3 aromatic rings. The number of nitrogens with zero attached hydrogens (tertiary/aromatic N) is 3. The molecule has 1 aliphatic carbocycles. The lowest BCUT2D eigenvalue weighted by atomic mass is 10.0. The quantitative estimate of drug-likeness (QED) is 0.637. The predicted molar refractivity (Wildman–Crippen MR) is 109 cm³/mol. The number of para-hydroxylation sites is 1. The minimum Gasteiger partial charge on any atom is -0.371 e. The molecule has 0 bridgehead atoms. The zero-order chi connectivity index (χ0) is 19.0. The highest BCUT2D eigenvalue weighted by Gasteiger charge is 2.50. The molecule has 2 aliphatic rings. The second kappa shape index (κ2) is 6.82. The normalized spacial score (nSPS) is 20.7. The van der Waals surface area contributed by atoms with Crippen molar-refractivity contribution in [1.29, 1.82) is 0 Å². The van der Waals surface area contributed by atoms with Crippen molar-refractivity contribution in [1.82, 2.24) is 20.3 Å². The Hall–Kier alpha value is -3.09. The summed E-state index contributed by atoms with van der Waals surface area (Å²) in [6.07, 6.45) is 7.25. The second-order valence-corrected chi connectivity index (χ2v) is 7.77. The van der Waals surface area contributed by atoms with Crippen LogP contribution in [0.5, 0.6) is 0 Å². The van der Waals surface area contributed by atoms with Crippen molar-refractivity contribution in [2.24, 2.45) is 0 Å². The fourth-order valence-electron chi connectivity index (χ4n) is 4.05. The zero-order valence-electron chi connectivity index (χ0n) is 15.7. The van der Waals surface area contributed by atoms with Gasteiger partial charge in [0.05, 0.1) is 5.39 Å². The lowest BCUT2D eigenvalue weighted by Gasteiger charge is -2.35. The molecule has 3 N–H and O–H groups in total. The van der Waals surface area contributed by atoms with E-state index in [-0.39, 0.29) is 11.9 Å². The van der Waals surface area contributed by atoms with Crippen molar-refractivity contribution >= 4 is 28.4 Å². The topological polar surface area (TPSA) is 85.9 Å². The monoisotopic (exact) mass is 376 g/mol. The number of H-pyrrole nitrogens is 1. The van der Waals surface area contributed by atoms with Crippen LogP contribution in [0.3, 0.4) is 0 Å². The Labute approximate surface area is 163 Å². The van der Waals surface area contributed by atoms with Crippen LogP contribution < -0.4 is 15.5 Å². The van der Waals surface area contributed by atoms with Crippen LogP contribution in [0.4, 0.5) is 11.5 Å². The third-order valence-electron chi connectivity index (χ3n) is 5.73. The molecule has 2 aromatic heterocycles. The van der Waals surface area contributed by atoms with Crippen LogP contribution in [0.1, 0.15) is 25.7 Å². The molecule has 7 heteroatoms. The molecule has 1 saturated carbocycles. The molecular weight excluding hydrogens is 352 g/mol. The number of hydrogen-bond donors (Lipinski definition) is 3. The average molecular weight is 376 g/mol. The number of carbonyl (C=O) groups is 1. The molecule has 1 aromatic carbocycles. The molecule has 0 spiro atoms. The van der Waals surface area contributed by atoms with Crippen LogP contribution in [0.25, 0.3) is 11.0 Å². The van der Waals surface area contributed by atoms with E-state index in [1.807, 2.05) is 42.6 Å². The van der Waals surface area contributed by atoms with Gasteiger partial charge in [-0.3, -0.25) is 4.79 Å². The van der Waals surface area contributed by atoms with Crippen LogP contribution in [0, 0.1) is 0 Å². The number of fused-ring (bicyclic) bond motifs is 1. The molecule has 0 unspecified atom stereocenters. The summed E-state index contributed by atoms with van der Waals surface area (Å²) in [6.45, 7) is 1.71. The molecule has 3 heterocycles. The van der Waals surface area contributed by atoms with Gasteiger partial charge in [0.2, 0.25) is 5.91 Å². The molecule has 2 fully saturated rings. The predicted octanol–water partition coefficient (Wildman–Crippen LogP) is 2.69. The molecule has 5 rings (SSSR count). The minimum atomic E-state index is -0.452. The van der Waals surface area contributed by atoms with Gasteiger partial charge in [-0.2, -0.15) is 0 Å². The Morgan fingerprint density at radius 3 is 2.86 bits per heavy atom. The van der Waals surface area contributed by atoms with E-state index in [0.29, 0.717) is 0 Å². The van der Waals surface area contributed by atoms with E-state index in [0.717, 1.165) is 61.3 Å². The number of rotatable bonds is 5. The van der Waals surface area contributed by atoms with E-state index in [2.05, 4.69) is 30.5 Å². The summed E-state index contributed by atoms with van der Waals surface area (Å²) in [5, 5.41) is 7.75. The standard InChI is InChI=1S/C21H24N6O/c28-20(21(9-10-21)26-15-5-2-1-3-6-15)25-16-7-4-12-27(13-16)19-17-8-11-22-18(17)23-14-24-19/h1-3,5-6,8,11,14,16,26H,4,7,9-10,12-13H2,(H,25,28)(H,22,23,24)/t16-/m1/s1. The lowest BCUT2D eigenvalue weighted by molar-refractivity contribution is -0.123. The van der Waals surface area contributed by atoms with E-state index < -0.39 is 5.54 Å². The van der Waals surface area contributed by atoms with Gasteiger partial charge in [-0.15, -0.1) is 0 Å². The van der Waals surface area contributed by atoms with Gasteiger partial charge in [0.25, 0.3) is 0 Å². The van der Waals surface area contributed by atoms with Crippen LogP contribution in [-0.4, -0.2) is 45.5 Å². The fraction of sp³-hybridized carbons (Fsp3) is 0.381. The van der Waals surface area contributed by atoms with E-state index in [4.69, 9.17) is 0 Å². The Morgan fingerprint density at radius 1 is 1.18 bits per heavy atom. The molecule has 144 valence electrons. The van der Waals surface area contributed by atoms with Gasteiger partial charge >= 0.3 is 0 Å². The maximum atomic E-state index is 13.0. The number of piperidine rings is 1. The van der Waals surface area contributed by atoms with Gasteiger partial charge in [0.1, 0.15) is 23.3 Å². The van der Waals surface area contributed by atoms with Crippen molar-refractivity contribution < 1.29 is 4.79 Å². The van der Waals surface area contributed by atoms with Crippen molar-refractivity contribution in [2.75, 3.05) is 23.3 Å². The number of anilines is 2. The van der Waals surface area contributed by atoms with Gasteiger partial charge in [-0.1, -0.05) is 18.2 Å². The smallest absolute Gasteiger partial charge is 0.245 e. The average Bonchev–Trinajstić information content (AvgIpc) is 3.34. The molecular formula is C21H24N6O. The molecule has 1 saturated heterocycles. The number of nitrogens with one attached hydrogen (secondary N) is 3. The molecule has 7 nitrogen and oxygen atoms in total. The van der Waals surface area contributed by atoms with Crippen LogP contribution >= 0.6 is 0 Å². The third kappa shape index (κ3) is 3.17. The lowest BCUT2D eigenvalue weighted by Crippen LogP contribution is -2.52. The van der Waals surface area contributed by atoms with Gasteiger partial charge in [-0.05, 0) is 43.9 Å². The Balaban J connectivity index is 1.27. The summed E-state index contributed by atoms with van der Waals surface area (Å²) in [6, 6.07) is 12.1. The number of amides is 1. The minimum absolute atomic E-state index is 0.109. The Kier molecular flexibility index (Phi) is 4.15. The van der Waals surface area contributed by atoms with E-state index >= 15 is 0 Å². The molecule has 0 radical (unpaired) electrons. The zero-order valence-corrected chi connectivity index (χ0v) is 15.7. The van der Waals surface area contributed by atoms with E-state index in [1.165, 1.54) is 0 Å². The Morgan fingerprint density at radius 2 is 2.04 bits per heavy atom. The molecule has 1 atom stereocenters. The SMILES string of the molecule is O=C(N[C@@H]1CCCN(c2ncnc3[nH]ccc23)C1)C1(Nc2ccccc2)CC1. The summed E-state index contributed by atoms with van der Waals surface area (Å²) in [5.74, 6) is 1.05. The second-order valence-electron chi connectivity index (χ2n) is 7.77. The summed E-state index contributed by atoms with van der Waals surface area (Å²) in [5.41, 5.74) is 1.39. The van der Waals surface area contributed by atoms with Crippen LogP contribution in [-0.2, 0) is 4.79 Å². The van der Waals surface area contributed by atoms with Crippen molar-refractivity contribution in [2.45, 2.75) is 37.3 Å².